The number of anilines is 1. The molecule has 0 aliphatic heterocycles. The third-order valence-corrected chi connectivity index (χ3v) is 5.11. The van der Waals surface area contributed by atoms with E-state index in [9.17, 15) is 4.79 Å². The van der Waals surface area contributed by atoms with Crippen LogP contribution in [0, 0.1) is 0 Å². The number of nitrogens with zero attached hydrogens (tertiary/aromatic N) is 3. The van der Waals surface area contributed by atoms with Gasteiger partial charge < -0.3 is 14.3 Å². The Balaban J connectivity index is 1.21. The lowest BCUT2D eigenvalue weighted by atomic mass is 10.2. The molecular formula is C19H16N4O3S. The van der Waals surface area contributed by atoms with Crippen molar-refractivity contribution >= 4 is 34.0 Å². The molecule has 0 spiro atoms. The van der Waals surface area contributed by atoms with Crippen molar-refractivity contribution in [2.45, 2.75) is 31.6 Å². The number of hydrogen-bond acceptors (Lipinski definition) is 7. The van der Waals surface area contributed by atoms with Gasteiger partial charge >= 0.3 is 0 Å². The first kappa shape index (κ1) is 16.2. The van der Waals surface area contributed by atoms with E-state index >= 15 is 0 Å². The Morgan fingerprint density at radius 2 is 2.19 bits per heavy atom. The van der Waals surface area contributed by atoms with Gasteiger partial charge in [-0.05, 0) is 42.5 Å². The van der Waals surface area contributed by atoms with E-state index in [1.807, 2.05) is 35.0 Å². The van der Waals surface area contributed by atoms with Gasteiger partial charge in [0.05, 0.1) is 0 Å². The summed E-state index contributed by atoms with van der Waals surface area (Å²) in [6.07, 6.45) is 2.93. The summed E-state index contributed by atoms with van der Waals surface area (Å²) in [6, 6.07) is 7.43. The first-order valence-electron chi connectivity index (χ1n) is 8.80. The van der Waals surface area contributed by atoms with E-state index < -0.39 is 0 Å². The van der Waals surface area contributed by atoms with Crippen molar-refractivity contribution in [1.29, 1.82) is 0 Å². The number of rotatable bonds is 6. The number of aromatic nitrogens is 3. The standard InChI is InChI=1S/C19H16N4O3S/c24-16(5-6-17-22-18(23-26-17)12-7-8-27-10-12)20-13-3-4-15-14(9-13)21-19(25-15)11-1-2-11/h3-4,7-11H,1-2,5-6H2,(H,20,24). The molecule has 8 heteroatoms. The number of carbonyl (C=O) groups is 1. The summed E-state index contributed by atoms with van der Waals surface area (Å²) in [5, 5.41) is 10.7. The lowest BCUT2D eigenvalue weighted by Crippen LogP contribution is -2.12. The van der Waals surface area contributed by atoms with Crippen LogP contribution >= 0.6 is 11.3 Å². The summed E-state index contributed by atoms with van der Waals surface area (Å²) >= 11 is 1.57. The number of fused-ring (bicyclic) bond motifs is 1. The SMILES string of the molecule is O=C(CCc1nc(-c2ccsc2)no1)Nc1ccc2oc(C3CC3)nc2c1. The molecule has 136 valence electrons. The molecule has 0 saturated heterocycles. The van der Waals surface area contributed by atoms with Crippen LogP contribution in [0.3, 0.4) is 0 Å². The normalized spacial score (nSPS) is 13.9. The third kappa shape index (κ3) is 3.48. The Morgan fingerprint density at radius 1 is 1.26 bits per heavy atom. The quantitative estimate of drug-likeness (QED) is 0.533. The van der Waals surface area contributed by atoms with Crippen LogP contribution in [0.25, 0.3) is 22.5 Å². The van der Waals surface area contributed by atoms with E-state index in [1.54, 1.807) is 11.3 Å². The van der Waals surface area contributed by atoms with Crippen LogP contribution in [0.2, 0.25) is 0 Å². The molecule has 1 fully saturated rings. The molecule has 1 aromatic carbocycles. The van der Waals surface area contributed by atoms with E-state index in [2.05, 4.69) is 20.4 Å². The summed E-state index contributed by atoms with van der Waals surface area (Å²) < 4.78 is 11.0. The smallest absolute Gasteiger partial charge is 0.227 e. The Bertz CT molecular complexity index is 1100. The summed E-state index contributed by atoms with van der Waals surface area (Å²) in [5.41, 5.74) is 3.15. The highest BCUT2D eigenvalue weighted by atomic mass is 32.1. The number of hydrogen-bond donors (Lipinski definition) is 1. The molecule has 27 heavy (non-hydrogen) atoms. The zero-order chi connectivity index (χ0) is 18.2. The van der Waals surface area contributed by atoms with Crippen molar-refractivity contribution in [3.8, 4) is 11.4 Å². The lowest BCUT2D eigenvalue weighted by molar-refractivity contribution is -0.116. The zero-order valence-corrected chi connectivity index (χ0v) is 15.2. The van der Waals surface area contributed by atoms with Crippen molar-refractivity contribution in [2.75, 3.05) is 5.32 Å². The molecule has 0 unspecified atom stereocenters. The minimum absolute atomic E-state index is 0.115. The molecule has 3 heterocycles. The average molecular weight is 380 g/mol. The number of oxazole rings is 1. The topological polar surface area (TPSA) is 94.0 Å². The maximum Gasteiger partial charge on any atom is 0.227 e. The van der Waals surface area contributed by atoms with Gasteiger partial charge in [-0.3, -0.25) is 4.79 Å². The monoisotopic (exact) mass is 380 g/mol. The number of nitrogens with one attached hydrogen (secondary N) is 1. The fraction of sp³-hybridized carbons (Fsp3) is 0.263. The molecule has 7 nitrogen and oxygen atoms in total. The number of carbonyl (C=O) groups excluding carboxylic acids is 1. The number of amides is 1. The van der Waals surface area contributed by atoms with Gasteiger partial charge in [0, 0.05) is 35.4 Å². The Hall–Kier alpha value is -3.00. The van der Waals surface area contributed by atoms with Gasteiger partial charge in [0.1, 0.15) is 5.52 Å². The maximum atomic E-state index is 12.2. The second-order valence-electron chi connectivity index (χ2n) is 6.58. The fourth-order valence-corrected chi connectivity index (χ4v) is 3.47. The molecule has 1 aliphatic carbocycles. The van der Waals surface area contributed by atoms with Crippen molar-refractivity contribution < 1.29 is 13.7 Å². The van der Waals surface area contributed by atoms with E-state index in [0.29, 0.717) is 29.7 Å². The minimum atomic E-state index is -0.115. The van der Waals surface area contributed by atoms with Gasteiger partial charge in [-0.1, -0.05) is 5.16 Å². The van der Waals surface area contributed by atoms with E-state index in [-0.39, 0.29) is 12.3 Å². The van der Waals surface area contributed by atoms with E-state index in [0.717, 1.165) is 35.4 Å². The Kier molecular flexibility index (Phi) is 3.97. The Labute approximate surface area is 158 Å². The van der Waals surface area contributed by atoms with Gasteiger partial charge in [-0.15, -0.1) is 0 Å². The number of benzene rings is 1. The third-order valence-electron chi connectivity index (χ3n) is 4.43. The van der Waals surface area contributed by atoms with Gasteiger partial charge in [0.15, 0.2) is 11.5 Å². The van der Waals surface area contributed by atoms with Crippen LogP contribution in [-0.2, 0) is 11.2 Å². The highest BCUT2D eigenvalue weighted by molar-refractivity contribution is 7.08. The predicted molar refractivity (Wildman–Crippen MR) is 101 cm³/mol. The molecule has 3 aromatic heterocycles. The maximum absolute atomic E-state index is 12.2. The molecule has 4 aromatic rings. The molecular weight excluding hydrogens is 364 g/mol. The van der Waals surface area contributed by atoms with Gasteiger partial charge in [0.25, 0.3) is 0 Å². The van der Waals surface area contributed by atoms with Gasteiger partial charge in [-0.2, -0.15) is 16.3 Å². The first-order valence-corrected chi connectivity index (χ1v) is 9.74. The average Bonchev–Trinajstić information content (AvgIpc) is 3.08. The van der Waals surface area contributed by atoms with Crippen LogP contribution < -0.4 is 5.32 Å². The summed E-state index contributed by atoms with van der Waals surface area (Å²) in [5.74, 6) is 2.15. The molecule has 1 saturated carbocycles. The fourth-order valence-electron chi connectivity index (χ4n) is 2.84. The van der Waals surface area contributed by atoms with Crippen LogP contribution in [-0.4, -0.2) is 21.0 Å². The summed E-state index contributed by atoms with van der Waals surface area (Å²) in [7, 11) is 0. The summed E-state index contributed by atoms with van der Waals surface area (Å²) in [6.45, 7) is 0. The van der Waals surface area contributed by atoms with Gasteiger partial charge in [-0.25, -0.2) is 4.98 Å². The number of aryl methyl sites for hydroxylation is 1. The van der Waals surface area contributed by atoms with Crippen LogP contribution in [0.4, 0.5) is 5.69 Å². The Morgan fingerprint density at radius 3 is 3.00 bits per heavy atom. The van der Waals surface area contributed by atoms with Crippen molar-refractivity contribution in [3.63, 3.8) is 0 Å². The molecule has 0 atom stereocenters. The van der Waals surface area contributed by atoms with Crippen LogP contribution in [0.1, 0.15) is 37.0 Å². The van der Waals surface area contributed by atoms with Crippen LogP contribution in [0.5, 0.6) is 0 Å². The molecule has 0 radical (unpaired) electrons. The van der Waals surface area contributed by atoms with Crippen LogP contribution in [0.15, 0.2) is 44.0 Å². The first-order chi connectivity index (χ1) is 13.2. The van der Waals surface area contributed by atoms with E-state index in [1.165, 1.54) is 0 Å². The highest BCUT2D eigenvalue weighted by Gasteiger charge is 2.28. The second-order valence-corrected chi connectivity index (χ2v) is 7.36. The number of thiophene rings is 1. The molecule has 5 rings (SSSR count). The largest absolute Gasteiger partial charge is 0.440 e. The second kappa shape index (κ2) is 6.62. The predicted octanol–water partition coefficient (Wildman–Crippen LogP) is 4.39. The molecule has 1 aliphatic rings. The van der Waals surface area contributed by atoms with Gasteiger partial charge in [0.2, 0.25) is 17.6 Å². The minimum Gasteiger partial charge on any atom is -0.440 e. The summed E-state index contributed by atoms with van der Waals surface area (Å²) in [4.78, 5) is 21.1. The molecule has 1 N–H and O–H groups in total. The van der Waals surface area contributed by atoms with Crippen molar-refractivity contribution in [3.05, 3.63) is 46.8 Å². The zero-order valence-electron chi connectivity index (χ0n) is 14.3. The van der Waals surface area contributed by atoms with E-state index in [4.69, 9.17) is 8.94 Å². The lowest BCUT2D eigenvalue weighted by Gasteiger charge is -2.03. The van der Waals surface area contributed by atoms with Crippen molar-refractivity contribution in [1.82, 2.24) is 15.1 Å². The highest BCUT2D eigenvalue weighted by Crippen LogP contribution is 2.40. The van der Waals surface area contributed by atoms with Crippen molar-refractivity contribution in [2.24, 2.45) is 0 Å². The molecule has 1 amide bonds. The molecule has 0 bridgehead atoms.